The maximum Gasteiger partial charge on any atom is 0.573 e. The first kappa shape index (κ1) is 14.0. The Morgan fingerprint density at radius 1 is 1.26 bits per heavy atom. The van der Waals surface area contributed by atoms with Crippen molar-refractivity contribution in [3.05, 3.63) is 24.3 Å². The van der Waals surface area contributed by atoms with Crippen LogP contribution in [0, 0.1) is 0 Å². The average Bonchev–Trinajstić information content (AvgIpc) is 2.82. The molecule has 2 rings (SSSR count). The van der Waals surface area contributed by atoms with Gasteiger partial charge in [0, 0.05) is 18.8 Å². The second kappa shape index (κ2) is 6.14. The predicted octanol–water partition coefficient (Wildman–Crippen LogP) is 3.57. The highest BCUT2D eigenvalue weighted by Crippen LogP contribution is 2.24. The fraction of sp³-hybridized carbons (Fsp3) is 0.538. The Bertz CT molecular complexity index is 386. The van der Waals surface area contributed by atoms with Crippen LogP contribution in [-0.4, -0.2) is 25.6 Å². The van der Waals surface area contributed by atoms with Crippen molar-refractivity contribution in [1.29, 1.82) is 0 Å². The van der Waals surface area contributed by atoms with Crippen LogP contribution in [-0.2, 0) is 4.74 Å². The summed E-state index contributed by atoms with van der Waals surface area (Å²) in [6.07, 6.45) is -1.25. The van der Waals surface area contributed by atoms with Crippen LogP contribution in [0.4, 0.5) is 18.9 Å². The van der Waals surface area contributed by atoms with E-state index in [-0.39, 0.29) is 5.75 Å². The summed E-state index contributed by atoms with van der Waals surface area (Å²) < 4.78 is 45.2. The molecule has 3 nitrogen and oxygen atoms in total. The highest BCUT2D eigenvalue weighted by atomic mass is 19.4. The largest absolute Gasteiger partial charge is 0.573 e. The second-order valence-electron chi connectivity index (χ2n) is 4.42. The van der Waals surface area contributed by atoms with Gasteiger partial charge in [0.25, 0.3) is 0 Å². The second-order valence-corrected chi connectivity index (χ2v) is 4.42. The number of benzene rings is 1. The molecule has 1 aliphatic heterocycles. The van der Waals surface area contributed by atoms with Crippen LogP contribution in [0.2, 0.25) is 0 Å². The summed E-state index contributed by atoms with van der Waals surface area (Å²) in [6, 6.07) is 5.72. The van der Waals surface area contributed by atoms with E-state index in [2.05, 4.69) is 10.1 Å². The molecule has 1 aromatic rings. The Morgan fingerprint density at radius 2 is 2.00 bits per heavy atom. The minimum absolute atomic E-state index is 0.211. The van der Waals surface area contributed by atoms with Gasteiger partial charge in [0.15, 0.2) is 0 Å². The van der Waals surface area contributed by atoms with Crippen molar-refractivity contribution in [2.24, 2.45) is 0 Å². The van der Waals surface area contributed by atoms with Crippen molar-refractivity contribution in [3.8, 4) is 5.75 Å². The van der Waals surface area contributed by atoms with Crippen molar-refractivity contribution in [3.63, 3.8) is 0 Å². The Kier molecular flexibility index (Phi) is 4.52. The first-order valence-corrected chi connectivity index (χ1v) is 6.24. The number of rotatable bonds is 5. The molecule has 1 heterocycles. The van der Waals surface area contributed by atoms with Crippen molar-refractivity contribution < 1.29 is 22.6 Å². The topological polar surface area (TPSA) is 30.5 Å². The average molecular weight is 275 g/mol. The Balaban J connectivity index is 1.75. The Morgan fingerprint density at radius 3 is 2.58 bits per heavy atom. The van der Waals surface area contributed by atoms with Gasteiger partial charge < -0.3 is 14.8 Å². The lowest BCUT2D eigenvalue weighted by atomic mass is 10.2. The minimum Gasteiger partial charge on any atom is -0.406 e. The van der Waals surface area contributed by atoms with Gasteiger partial charge in [-0.05, 0) is 43.5 Å². The quantitative estimate of drug-likeness (QED) is 0.891. The van der Waals surface area contributed by atoms with E-state index in [1.54, 1.807) is 12.1 Å². The molecular weight excluding hydrogens is 259 g/mol. The molecule has 6 heteroatoms. The van der Waals surface area contributed by atoms with E-state index in [1.807, 2.05) is 0 Å². The van der Waals surface area contributed by atoms with Gasteiger partial charge in [0.1, 0.15) is 5.75 Å². The van der Waals surface area contributed by atoms with Crippen LogP contribution >= 0.6 is 0 Å². The van der Waals surface area contributed by atoms with Gasteiger partial charge in [0.05, 0.1) is 6.10 Å². The lowest BCUT2D eigenvalue weighted by Crippen LogP contribution is -2.17. The number of alkyl halides is 3. The summed E-state index contributed by atoms with van der Waals surface area (Å²) in [5, 5.41) is 3.14. The molecule has 0 radical (unpaired) electrons. The number of ether oxygens (including phenoxy) is 2. The van der Waals surface area contributed by atoms with Gasteiger partial charge >= 0.3 is 6.36 Å². The first-order chi connectivity index (χ1) is 9.03. The summed E-state index contributed by atoms with van der Waals surface area (Å²) in [7, 11) is 0. The molecule has 1 saturated heterocycles. The van der Waals surface area contributed by atoms with Crippen molar-refractivity contribution in [2.75, 3.05) is 18.5 Å². The van der Waals surface area contributed by atoms with Gasteiger partial charge in [-0.1, -0.05) is 0 Å². The SMILES string of the molecule is FC(F)(F)Oc1ccc(NCCC2CCCO2)cc1. The monoisotopic (exact) mass is 275 g/mol. The third kappa shape index (κ3) is 4.98. The van der Waals surface area contributed by atoms with E-state index >= 15 is 0 Å². The van der Waals surface area contributed by atoms with E-state index in [4.69, 9.17) is 4.74 Å². The molecule has 1 aliphatic rings. The molecule has 1 atom stereocenters. The molecule has 0 spiro atoms. The standard InChI is InChI=1S/C13H16F3NO2/c14-13(15,16)19-12-5-3-10(4-6-12)17-8-7-11-2-1-9-18-11/h3-6,11,17H,1-2,7-9H2. The van der Waals surface area contributed by atoms with Crippen molar-refractivity contribution in [2.45, 2.75) is 31.7 Å². The van der Waals surface area contributed by atoms with Gasteiger partial charge in [0.2, 0.25) is 0 Å². The fourth-order valence-corrected chi connectivity index (χ4v) is 2.02. The Hall–Kier alpha value is -1.43. The molecule has 1 aromatic carbocycles. The molecule has 0 aliphatic carbocycles. The third-order valence-electron chi connectivity index (χ3n) is 2.91. The van der Waals surface area contributed by atoms with Crippen molar-refractivity contribution >= 4 is 5.69 Å². The lowest BCUT2D eigenvalue weighted by molar-refractivity contribution is -0.274. The lowest BCUT2D eigenvalue weighted by Gasteiger charge is -2.12. The van der Waals surface area contributed by atoms with Crippen LogP contribution in [0.15, 0.2) is 24.3 Å². The number of hydrogen-bond donors (Lipinski definition) is 1. The molecule has 0 aromatic heterocycles. The normalized spacial score (nSPS) is 19.4. The zero-order valence-corrected chi connectivity index (χ0v) is 10.4. The summed E-state index contributed by atoms with van der Waals surface area (Å²) in [5.41, 5.74) is 0.771. The molecule has 0 bridgehead atoms. The molecule has 1 unspecified atom stereocenters. The summed E-state index contributed by atoms with van der Waals surface area (Å²) in [6.45, 7) is 1.57. The van der Waals surface area contributed by atoms with Crippen LogP contribution in [0.5, 0.6) is 5.75 Å². The van der Waals surface area contributed by atoms with Crippen molar-refractivity contribution in [1.82, 2.24) is 0 Å². The first-order valence-electron chi connectivity index (χ1n) is 6.24. The number of halogens is 3. The van der Waals surface area contributed by atoms with E-state index in [9.17, 15) is 13.2 Å². The highest BCUT2D eigenvalue weighted by molar-refractivity contribution is 5.46. The highest BCUT2D eigenvalue weighted by Gasteiger charge is 2.30. The molecule has 0 amide bonds. The summed E-state index contributed by atoms with van der Waals surface area (Å²) in [4.78, 5) is 0. The summed E-state index contributed by atoms with van der Waals surface area (Å²) >= 11 is 0. The van der Waals surface area contributed by atoms with Crippen LogP contribution in [0.3, 0.4) is 0 Å². The van der Waals surface area contributed by atoms with Gasteiger partial charge in [-0.3, -0.25) is 0 Å². The fourth-order valence-electron chi connectivity index (χ4n) is 2.02. The van der Waals surface area contributed by atoms with E-state index in [0.29, 0.717) is 6.10 Å². The molecule has 0 saturated carbocycles. The molecule has 1 fully saturated rings. The van der Waals surface area contributed by atoms with Gasteiger partial charge in [-0.2, -0.15) is 0 Å². The predicted molar refractivity (Wildman–Crippen MR) is 65.2 cm³/mol. The van der Waals surface area contributed by atoms with Crippen LogP contribution < -0.4 is 10.1 Å². The van der Waals surface area contributed by atoms with E-state index < -0.39 is 6.36 Å². The van der Waals surface area contributed by atoms with Crippen LogP contribution in [0.1, 0.15) is 19.3 Å². The molecular formula is C13H16F3NO2. The molecule has 106 valence electrons. The maximum atomic E-state index is 12.0. The number of nitrogens with one attached hydrogen (secondary N) is 1. The number of hydrogen-bond acceptors (Lipinski definition) is 3. The molecule has 1 N–H and O–H groups in total. The summed E-state index contributed by atoms with van der Waals surface area (Å²) in [5.74, 6) is -0.211. The van der Waals surface area contributed by atoms with E-state index in [1.165, 1.54) is 12.1 Å². The number of anilines is 1. The maximum absolute atomic E-state index is 12.0. The van der Waals surface area contributed by atoms with Gasteiger partial charge in [-0.15, -0.1) is 13.2 Å². The molecule has 19 heavy (non-hydrogen) atoms. The minimum atomic E-state index is -4.64. The van der Waals surface area contributed by atoms with Gasteiger partial charge in [-0.25, -0.2) is 0 Å². The van der Waals surface area contributed by atoms with E-state index in [0.717, 1.165) is 38.1 Å². The zero-order valence-electron chi connectivity index (χ0n) is 10.4. The smallest absolute Gasteiger partial charge is 0.406 e. The Labute approximate surface area is 109 Å². The van der Waals surface area contributed by atoms with Crippen LogP contribution in [0.25, 0.3) is 0 Å². The zero-order chi connectivity index (χ0) is 13.7. The third-order valence-corrected chi connectivity index (χ3v) is 2.91.